The molecular formula is C14H16O3. The summed E-state index contributed by atoms with van der Waals surface area (Å²) in [6.07, 6.45) is 4.91. The predicted octanol–water partition coefficient (Wildman–Crippen LogP) is 2.25. The molecule has 0 aromatic rings. The van der Waals surface area contributed by atoms with E-state index < -0.39 is 0 Å². The summed E-state index contributed by atoms with van der Waals surface area (Å²) >= 11 is 0. The Labute approximate surface area is 100 Å². The molecule has 0 aromatic heterocycles. The Hall–Kier alpha value is -1.25. The second-order valence-electron chi connectivity index (χ2n) is 5.77. The molecule has 0 saturated heterocycles. The van der Waals surface area contributed by atoms with Crippen LogP contribution in [0.5, 0.6) is 0 Å². The van der Waals surface area contributed by atoms with Gasteiger partial charge in [-0.2, -0.15) is 0 Å². The number of ether oxygens (including phenoxy) is 2. The van der Waals surface area contributed by atoms with Crippen LogP contribution in [0.15, 0.2) is 24.2 Å². The Bertz CT molecular complexity index is 437. The topological polar surface area (TPSA) is 38.8 Å². The number of carbonyl (C=O) groups is 1. The zero-order valence-electron chi connectivity index (χ0n) is 9.72. The Morgan fingerprint density at radius 3 is 3.18 bits per heavy atom. The maximum absolute atomic E-state index is 11.1. The average molecular weight is 232 g/mol. The third kappa shape index (κ3) is 1.25. The van der Waals surface area contributed by atoms with Crippen LogP contribution in [0.2, 0.25) is 0 Å². The summed E-state index contributed by atoms with van der Waals surface area (Å²) in [5.41, 5.74) is 0. The molecule has 3 nitrogen and oxygen atoms in total. The molecule has 5 unspecified atom stereocenters. The molecule has 3 aliphatic carbocycles. The van der Waals surface area contributed by atoms with Crippen molar-refractivity contribution >= 4 is 5.97 Å². The van der Waals surface area contributed by atoms with Crippen molar-refractivity contribution in [1.29, 1.82) is 0 Å². The van der Waals surface area contributed by atoms with Crippen molar-refractivity contribution in [3.8, 4) is 0 Å². The van der Waals surface area contributed by atoms with Crippen molar-refractivity contribution in [2.45, 2.75) is 19.3 Å². The van der Waals surface area contributed by atoms with E-state index in [9.17, 15) is 4.79 Å². The van der Waals surface area contributed by atoms with E-state index in [2.05, 4.69) is 6.58 Å². The highest BCUT2D eigenvalue weighted by Gasteiger charge is 2.61. The fourth-order valence-corrected chi connectivity index (χ4v) is 4.48. The number of hydrogen-bond acceptors (Lipinski definition) is 3. The van der Waals surface area contributed by atoms with Gasteiger partial charge in [0.15, 0.2) is 0 Å². The van der Waals surface area contributed by atoms with Crippen LogP contribution >= 0.6 is 0 Å². The number of carbonyl (C=O) groups excluding carboxylic acids is 1. The Morgan fingerprint density at radius 2 is 2.35 bits per heavy atom. The minimum absolute atomic E-state index is 0.286. The van der Waals surface area contributed by atoms with Crippen LogP contribution in [0.1, 0.15) is 19.3 Å². The first-order valence-corrected chi connectivity index (χ1v) is 6.48. The van der Waals surface area contributed by atoms with Crippen LogP contribution in [-0.4, -0.2) is 12.6 Å². The highest BCUT2D eigenvalue weighted by molar-refractivity contribution is 5.81. The summed E-state index contributed by atoms with van der Waals surface area (Å²) in [7, 11) is 0. The van der Waals surface area contributed by atoms with Crippen LogP contribution in [-0.2, 0) is 14.3 Å². The van der Waals surface area contributed by atoms with Gasteiger partial charge in [0.2, 0.25) is 0 Å². The van der Waals surface area contributed by atoms with Crippen LogP contribution in [0.25, 0.3) is 0 Å². The third-order valence-corrected chi connectivity index (χ3v) is 5.10. The zero-order chi connectivity index (χ0) is 11.6. The molecule has 2 fully saturated rings. The van der Waals surface area contributed by atoms with E-state index in [0.29, 0.717) is 12.5 Å². The van der Waals surface area contributed by atoms with Gasteiger partial charge in [-0.1, -0.05) is 6.58 Å². The van der Waals surface area contributed by atoms with Gasteiger partial charge >= 0.3 is 5.97 Å². The second-order valence-corrected chi connectivity index (χ2v) is 5.77. The minimum Gasteiger partial charge on any atom is -0.462 e. The van der Waals surface area contributed by atoms with Crippen molar-refractivity contribution < 1.29 is 14.3 Å². The van der Waals surface area contributed by atoms with Crippen molar-refractivity contribution in [3.05, 3.63) is 24.2 Å². The number of allylic oxidation sites excluding steroid dienone is 2. The zero-order valence-corrected chi connectivity index (χ0v) is 9.72. The van der Waals surface area contributed by atoms with Gasteiger partial charge in [0, 0.05) is 18.4 Å². The molecule has 4 rings (SSSR count). The molecule has 4 aliphatic rings. The lowest BCUT2D eigenvalue weighted by molar-refractivity contribution is -0.140. The van der Waals surface area contributed by atoms with Crippen LogP contribution < -0.4 is 0 Å². The molecule has 90 valence electrons. The van der Waals surface area contributed by atoms with Gasteiger partial charge in [0.05, 0.1) is 6.61 Å². The Morgan fingerprint density at radius 1 is 1.47 bits per heavy atom. The molecule has 0 radical (unpaired) electrons. The molecule has 2 bridgehead atoms. The number of rotatable bonds is 3. The van der Waals surface area contributed by atoms with Crippen LogP contribution in [0, 0.1) is 29.6 Å². The molecular weight excluding hydrogens is 216 g/mol. The minimum atomic E-state index is -0.286. The molecule has 0 amide bonds. The van der Waals surface area contributed by atoms with E-state index >= 15 is 0 Å². The fraction of sp³-hybridized carbons (Fsp3) is 0.643. The first-order chi connectivity index (χ1) is 8.28. The smallest absolute Gasteiger partial charge is 0.330 e. The SMILES string of the molecule is C=CC(=O)OCC1CC2CC1C1CC3=C(O3)C21. The molecule has 17 heavy (non-hydrogen) atoms. The third-order valence-electron chi connectivity index (χ3n) is 5.10. The standard InChI is InChI=1S/C14H16O3/c1-2-12(15)16-6-8-3-7-4-9(8)10-5-11-14(17-11)13(7)10/h2,7-10,13H,1,3-6H2. The first kappa shape index (κ1) is 9.75. The monoisotopic (exact) mass is 232 g/mol. The normalized spacial score (nSPS) is 44.1. The largest absolute Gasteiger partial charge is 0.462 e. The lowest BCUT2D eigenvalue weighted by atomic mass is 9.75. The van der Waals surface area contributed by atoms with Crippen molar-refractivity contribution in [1.82, 2.24) is 0 Å². The summed E-state index contributed by atoms with van der Waals surface area (Å²) in [5.74, 6) is 5.93. The molecule has 0 aromatic carbocycles. The van der Waals surface area contributed by atoms with Crippen molar-refractivity contribution in [2.75, 3.05) is 6.61 Å². The van der Waals surface area contributed by atoms with Gasteiger partial charge in [-0.15, -0.1) is 0 Å². The maximum Gasteiger partial charge on any atom is 0.330 e. The molecule has 3 heteroatoms. The summed E-state index contributed by atoms with van der Waals surface area (Å²) in [6, 6.07) is 0. The summed E-state index contributed by atoms with van der Waals surface area (Å²) in [4.78, 5) is 11.1. The first-order valence-electron chi connectivity index (χ1n) is 6.48. The lowest BCUT2D eigenvalue weighted by Gasteiger charge is -2.32. The van der Waals surface area contributed by atoms with Crippen LogP contribution in [0.4, 0.5) is 0 Å². The van der Waals surface area contributed by atoms with E-state index in [1.165, 1.54) is 30.4 Å². The van der Waals surface area contributed by atoms with E-state index in [1.807, 2.05) is 0 Å². The molecule has 5 atom stereocenters. The lowest BCUT2D eigenvalue weighted by Crippen LogP contribution is -2.30. The molecule has 2 saturated carbocycles. The quantitative estimate of drug-likeness (QED) is 0.553. The van der Waals surface area contributed by atoms with E-state index in [4.69, 9.17) is 9.47 Å². The van der Waals surface area contributed by atoms with E-state index in [1.54, 1.807) is 0 Å². The summed E-state index contributed by atoms with van der Waals surface area (Å²) in [6.45, 7) is 4.01. The van der Waals surface area contributed by atoms with Crippen molar-refractivity contribution in [2.24, 2.45) is 29.6 Å². The Balaban J connectivity index is 1.43. The van der Waals surface area contributed by atoms with E-state index in [0.717, 1.165) is 30.1 Å². The maximum atomic E-state index is 11.1. The highest BCUT2D eigenvalue weighted by atomic mass is 16.6. The van der Waals surface area contributed by atoms with Gasteiger partial charge < -0.3 is 9.47 Å². The Kier molecular flexibility index (Phi) is 1.81. The van der Waals surface area contributed by atoms with Crippen LogP contribution in [0.3, 0.4) is 0 Å². The fourth-order valence-electron chi connectivity index (χ4n) is 4.48. The van der Waals surface area contributed by atoms with Gasteiger partial charge in [-0.25, -0.2) is 4.79 Å². The molecule has 0 spiro atoms. The van der Waals surface area contributed by atoms with Gasteiger partial charge in [-0.3, -0.25) is 0 Å². The van der Waals surface area contributed by atoms with Crippen molar-refractivity contribution in [3.63, 3.8) is 0 Å². The number of fused-ring (bicyclic) bond motifs is 6. The number of esters is 1. The second kappa shape index (κ2) is 3.15. The molecule has 1 aliphatic heterocycles. The molecule has 1 heterocycles. The summed E-state index contributed by atoms with van der Waals surface area (Å²) in [5, 5.41) is 0. The number of hydrogen-bond donors (Lipinski definition) is 0. The molecule has 0 N–H and O–H groups in total. The van der Waals surface area contributed by atoms with E-state index in [-0.39, 0.29) is 5.97 Å². The average Bonchev–Trinajstić information content (AvgIpc) is 2.76. The summed E-state index contributed by atoms with van der Waals surface area (Å²) < 4.78 is 10.7. The van der Waals surface area contributed by atoms with Gasteiger partial charge in [0.1, 0.15) is 11.5 Å². The predicted molar refractivity (Wildman–Crippen MR) is 60.6 cm³/mol. The van der Waals surface area contributed by atoms with Gasteiger partial charge in [-0.05, 0) is 36.5 Å². The highest BCUT2D eigenvalue weighted by Crippen LogP contribution is 2.67. The van der Waals surface area contributed by atoms with Gasteiger partial charge in [0.25, 0.3) is 0 Å².